The molecule has 1 atom stereocenters. The number of anilines is 1. The number of aryl methyl sites for hydroxylation is 2. The van der Waals surface area contributed by atoms with Gasteiger partial charge in [0, 0.05) is 0 Å². The Hall–Kier alpha value is -0.206. The summed E-state index contributed by atoms with van der Waals surface area (Å²) in [6.07, 6.45) is 2.47. The second kappa shape index (κ2) is 7.58. The summed E-state index contributed by atoms with van der Waals surface area (Å²) in [6.45, 7) is 10.2. The monoisotopic (exact) mass is 370 g/mol. The van der Waals surface area contributed by atoms with Gasteiger partial charge in [0.05, 0.1) is 0 Å². The average molecular weight is 371 g/mol. The van der Waals surface area contributed by atoms with E-state index in [1.54, 1.807) is 0 Å². The van der Waals surface area contributed by atoms with Gasteiger partial charge in [-0.2, -0.15) is 0 Å². The molecule has 4 heteroatoms. The van der Waals surface area contributed by atoms with Crippen molar-refractivity contribution in [1.82, 2.24) is 0 Å². The molecule has 0 saturated heterocycles. The number of allylic oxidation sites excluding steroid dienone is 4. The van der Waals surface area contributed by atoms with Crippen molar-refractivity contribution >= 4 is 5.69 Å². The third-order valence-electron chi connectivity index (χ3n) is 5.04. The topological polar surface area (TPSA) is 12.0 Å². The van der Waals surface area contributed by atoms with E-state index < -0.39 is 0 Å². The Kier molecular flexibility index (Phi) is 6.83. The van der Waals surface area contributed by atoms with Crippen LogP contribution in [0.2, 0.25) is 0 Å². The van der Waals surface area contributed by atoms with Gasteiger partial charge in [0.25, 0.3) is 0 Å². The number of halogens is 2. The molecule has 2 aliphatic rings. The van der Waals surface area contributed by atoms with Crippen molar-refractivity contribution in [2.75, 3.05) is 11.9 Å². The van der Waals surface area contributed by atoms with Crippen LogP contribution in [0.4, 0.5) is 5.69 Å². The molecule has 0 radical (unpaired) electrons. The summed E-state index contributed by atoms with van der Waals surface area (Å²) in [5, 5.41) is 3.67. The number of benzene rings is 1. The van der Waals surface area contributed by atoms with Crippen LogP contribution in [0.1, 0.15) is 49.8 Å². The van der Waals surface area contributed by atoms with Gasteiger partial charge < -0.3 is 24.8 Å². The van der Waals surface area contributed by atoms with Crippen molar-refractivity contribution in [1.29, 1.82) is 0 Å². The summed E-state index contributed by atoms with van der Waals surface area (Å²) < 4.78 is 1.53. The zero-order chi connectivity index (χ0) is 14.4. The molecule has 1 N–H and O–H groups in total. The minimum atomic E-state index is 0. The minimum Gasteiger partial charge on any atom is -1.00 e. The van der Waals surface area contributed by atoms with Crippen LogP contribution in [0.3, 0.4) is 0 Å². The summed E-state index contributed by atoms with van der Waals surface area (Å²) in [5.41, 5.74) is 10.4. The Morgan fingerprint density at radius 3 is 2.32 bits per heavy atom. The van der Waals surface area contributed by atoms with Gasteiger partial charge in [-0.3, -0.25) is 0 Å². The number of fused-ring (bicyclic) bond motifs is 1. The van der Waals surface area contributed by atoms with E-state index in [4.69, 9.17) is 0 Å². The van der Waals surface area contributed by atoms with Crippen LogP contribution >= 0.6 is 0 Å². The zero-order valence-electron chi connectivity index (χ0n) is 13.6. The fraction of sp³-hybridized carbons (Fsp3) is 0.444. The normalized spacial score (nSPS) is 20.2. The second-order valence-electron chi connectivity index (χ2n) is 6.14. The minimum absolute atomic E-state index is 0. The van der Waals surface area contributed by atoms with E-state index in [0.717, 1.165) is 6.54 Å². The van der Waals surface area contributed by atoms with Crippen molar-refractivity contribution in [3.63, 3.8) is 0 Å². The van der Waals surface area contributed by atoms with Crippen LogP contribution in [-0.4, -0.2) is 6.54 Å². The molecule has 1 aliphatic heterocycles. The molecule has 1 nitrogen and oxygen atoms in total. The van der Waals surface area contributed by atoms with E-state index >= 15 is 0 Å². The maximum absolute atomic E-state index is 3.67. The summed E-state index contributed by atoms with van der Waals surface area (Å²) in [7, 11) is 0. The SMILES string of the molecule is CC1=C(C)C(c2c(C)ccc3c2NCCC3)[C]([Ti+2])=C1C.[Cl-].[Cl-]. The van der Waals surface area contributed by atoms with Gasteiger partial charge in [0.15, 0.2) is 0 Å². The molecular weight excluding hydrogens is 349 g/mol. The summed E-state index contributed by atoms with van der Waals surface area (Å²) in [6, 6.07) is 4.62. The van der Waals surface area contributed by atoms with Gasteiger partial charge >= 0.3 is 134 Å². The first kappa shape index (κ1) is 19.8. The quantitative estimate of drug-likeness (QED) is 0.600. The predicted octanol–water partition coefficient (Wildman–Crippen LogP) is -1.38. The first-order chi connectivity index (χ1) is 9.52. The van der Waals surface area contributed by atoms with E-state index in [1.807, 2.05) is 0 Å². The van der Waals surface area contributed by atoms with E-state index in [-0.39, 0.29) is 24.8 Å². The molecule has 0 amide bonds. The molecular formula is C18H22Cl2NTi. The first-order valence-electron chi connectivity index (χ1n) is 7.48. The van der Waals surface area contributed by atoms with Crippen molar-refractivity contribution in [2.45, 2.75) is 46.5 Å². The molecule has 22 heavy (non-hydrogen) atoms. The van der Waals surface area contributed by atoms with Crippen LogP contribution < -0.4 is 30.1 Å². The molecule has 0 spiro atoms. The standard InChI is InChI=1S/C18H22N.2ClH.Ti/c1-11-7-8-15-6-5-9-19-18(15)17(11)16-10-12(2)13(3)14(16)4;;;/h7-8,16,19H,5-6,9H2,1-4H3;2*1H;/q;;;+2/p-2. The molecule has 3 rings (SSSR count). The number of nitrogens with one attached hydrogen (secondary N) is 1. The van der Waals surface area contributed by atoms with Gasteiger partial charge in [-0.1, -0.05) is 0 Å². The summed E-state index contributed by atoms with van der Waals surface area (Å²) >= 11 is 2.31. The van der Waals surface area contributed by atoms with Crippen LogP contribution in [-0.2, 0) is 26.9 Å². The molecule has 0 fully saturated rings. The van der Waals surface area contributed by atoms with E-state index in [0.29, 0.717) is 5.92 Å². The van der Waals surface area contributed by atoms with Gasteiger partial charge in [0.1, 0.15) is 0 Å². The largest absolute Gasteiger partial charge is 1.00 e. The maximum Gasteiger partial charge on any atom is -1.00 e. The van der Waals surface area contributed by atoms with Crippen LogP contribution in [0, 0.1) is 6.92 Å². The summed E-state index contributed by atoms with van der Waals surface area (Å²) in [4.78, 5) is 0. The summed E-state index contributed by atoms with van der Waals surface area (Å²) in [5.74, 6) is 0.482. The number of hydrogen-bond acceptors (Lipinski definition) is 1. The van der Waals surface area contributed by atoms with E-state index in [2.05, 4.69) is 65.6 Å². The molecule has 1 unspecified atom stereocenters. The first-order valence-corrected chi connectivity index (χ1v) is 8.26. The second-order valence-corrected chi connectivity index (χ2v) is 6.98. The Balaban J connectivity index is 0.00000121. The molecule has 1 aromatic rings. The van der Waals surface area contributed by atoms with Gasteiger partial charge in [-0.05, 0) is 0 Å². The third kappa shape index (κ3) is 3.06. The maximum atomic E-state index is 3.67. The van der Waals surface area contributed by atoms with Crippen molar-refractivity contribution in [3.8, 4) is 0 Å². The van der Waals surface area contributed by atoms with Crippen molar-refractivity contribution in [2.24, 2.45) is 0 Å². The fourth-order valence-corrected chi connectivity index (χ4v) is 4.41. The Morgan fingerprint density at radius 1 is 1.05 bits per heavy atom. The van der Waals surface area contributed by atoms with Gasteiger partial charge in [0.2, 0.25) is 0 Å². The third-order valence-corrected chi connectivity index (χ3v) is 6.08. The molecule has 0 aromatic heterocycles. The van der Waals surface area contributed by atoms with Crippen LogP contribution in [0.25, 0.3) is 0 Å². The fourth-order valence-electron chi connectivity index (χ4n) is 3.56. The van der Waals surface area contributed by atoms with E-state index in [1.165, 1.54) is 55.8 Å². The van der Waals surface area contributed by atoms with Crippen molar-refractivity contribution < 1.29 is 45.2 Å². The number of hydrogen-bond donors (Lipinski definition) is 1. The Labute approximate surface area is 158 Å². The zero-order valence-corrected chi connectivity index (χ0v) is 16.7. The number of rotatable bonds is 1. The Morgan fingerprint density at radius 2 is 1.73 bits per heavy atom. The molecule has 1 aromatic carbocycles. The van der Waals surface area contributed by atoms with Crippen LogP contribution in [0.5, 0.6) is 0 Å². The van der Waals surface area contributed by atoms with E-state index in [9.17, 15) is 0 Å². The molecule has 117 valence electrons. The molecule has 1 aliphatic carbocycles. The smallest absolute Gasteiger partial charge is 1.00 e. The molecule has 0 saturated carbocycles. The predicted molar refractivity (Wildman–Crippen MR) is 81.8 cm³/mol. The van der Waals surface area contributed by atoms with Gasteiger partial charge in [-0.25, -0.2) is 0 Å². The van der Waals surface area contributed by atoms with Crippen molar-refractivity contribution in [3.05, 3.63) is 49.4 Å². The molecule has 0 bridgehead atoms. The Bertz CT molecular complexity index is 623. The van der Waals surface area contributed by atoms with Gasteiger partial charge in [-0.15, -0.1) is 0 Å². The van der Waals surface area contributed by atoms with Crippen LogP contribution in [0.15, 0.2) is 32.7 Å². The average Bonchev–Trinajstić information content (AvgIpc) is 2.64. The molecule has 1 heterocycles.